The van der Waals surface area contributed by atoms with Gasteiger partial charge in [0.05, 0.1) is 7.57 Å². The highest BCUT2D eigenvalue weighted by molar-refractivity contribution is 9.12. The van der Waals surface area contributed by atoms with Gasteiger partial charge in [0.15, 0.2) is 0 Å². The third-order valence-electron chi connectivity index (χ3n) is 2.57. The molecule has 0 spiro atoms. The van der Waals surface area contributed by atoms with Gasteiger partial charge in [-0.25, -0.2) is 8.42 Å². The molecule has 0 saturated carbocycles. The van der Waals surface area contributed by atoms with Crippen LogP contribution < -0.4 is 5.32 Å². The molecule has 1 atom stereocenters. The van der Waals surface area contributed by atoms with Crippen molar-refractivity contribution in [3.8, 4) is 0 Å². The smallest absolute Gasteiger partial charge is 0.245 e. The fraction of sp³-hybridized carbons (Fsp3) is 0.556. The van der Waals surface area contributed by atoms with Gasteiger partial charge in [0, 0.05) is 25.7 Å². The van der Waals surface area contributed by atoms with Crippen molar-refractivity contribution in [1.82, 2.24) is 9.62 Å². The predicted octanol–water partition coefficient (Wildman–Crippen LogP) is 2.26. The third kappa shape index (κ3) is 2.93. The van der Waals surface area contributed by atoms with E-state index in [2.05, 4.69) is 37.2 Å². The molecule has 96 valence electrons. The number of thiophene rings is 1. The van der Waals surface area contributed by atoms with E-state index in [1.54, 1.807) is 6.07 Å². The zero-order valence-electron chi connectivity index (χ0n) is 9.11. The topological polar surface area (TPSA) is 49.4 Å². The van der Waals surface area contributed by atoms with Crippen molar-refractivity contribution in [2.75, 3.05) is 19.6 Å². The highest BCUT2D eigenvalue weighted by Gasteiger charge is 2.31. The first kappa shape index (κ1) is 14.0. The molecular formula is C9H12Br2N2O2S2. The summed E-state index contributed by atoms with van der Waals surface area (Å²) in [4.78, 5) is 0.350. The number of nitrogens with zero attached hydrogens (tertiary/aromatic N) is 1. The van der Waals surface area contributed by atoms with Gasteiger partial charge in [-0.05, 0) is 44.8 Å². The fourth-order valence-electron chi connectivity index (χ4n) is 1.76. The van der Waals surface area contributed by atoms with Crippen molar-refractivity contribution >= 4 is 53.2 Å². The van der Waals surface area contributed by atoms with E-state index in [1.807, 2.05) is 6.92 Å². The Bertz CT molecular complexity index is 515. The lowest BCUT2D eigenvalue weighted by Gasteiger charge is -2.30. The molecule has 0 aromatic carbocycles. The van der Waals surface area contributed by atoms with Crippen LogP contribution in [-0.2, 0) is 10.0 Å². The molecule has 1 saturated heterocycles. The summed E-state index contributed by atoms with van der Waals surface area (Å²) in [6, 6.07) is 1.84. The van der Waals surface area contributed by atoms with E-state index in [9.17, 15) is 8.42 Å². The van der Waals surface area contributed by atoms with Gasteiger partial charge in [0.2, 0.25) is 10.0 Å². The summed E-state index contributed by atoms with van der Waals surface area (Å²) < 4.78 is 27.8. The molecule has 1 aromatic heterocycles. The second-order valence-electron chi connectivity index (χ2n) is 3.91. The maximum Gasteiger partial charge on any atom is 0.245 e. The average Bonchev–Trinajstić information content (AvgIpc) is 2.58. The van der Waals surface area contributed by atoms with Crippen molar-refractivity contribution in [3.63, 3.8) is 0 Å². The largest absolute Gasteiger partial charge is 0.312 e. The first-order valence-corrected chi connectivity index (χ1v) is 8.94. The number of rotatable bonds is 2. The Labute approximate surface area is 122 Å². The number of sulfonamides is 1. The van der Waals surface area contributed by atoms with Gasteiger partial charge in [-0.2, -0.15) is 4.31 Å². The van der Waals surface area contributed by atoms with E-state index in [1.165, 1.54) is 15.6 Å². The summed E-state index contributed by atoms with van der Waals surface area (Å²) >= 11 is 7.98. The second kappa shape index (κ2) is 5.26. The van der Waals surface area contributed by atoms with Crippen molar-refractivity contribution in [2.24, 2.45) is 0 Å². The molecule has 2 heterocycles. The average molecular weight is 404 g/mol. The molecule has 4 nitrogen and oxygen atoms in total. The Hall–Kier alpha value is 0.530. The summed E-state index contributed by atoms with van der Waals surface area (Å²) in [7, 11) is -3.38. The van der Waals surface area contributed by atoms with Crippen molar-refractivity contribution < 1.29 is 8.42 Å². The standard InChI is InChI=1S/C9H12Br2N2O2S2/c1-6-5-13(3-2-12-6)17(14,15)7-4-8(10)16-9(7)11/h4,6,12H,2-3,5H2,1H3/t6-/m0/s1. The van der Waals surface area contributed by atoms with Crippen molar-refractivity contribution in [2.45, 2.75) is 17.9 Å². The minimum absolute atomic E-state index is 0.194. The monoisotopic (exact) mass is 402 g/mol. The first-order chi connectivity index (χ1) is 7.91. The van der Waals surface area contributed by atoms with Gasteiger partial charge >= 0.3 is 0 Å². The van der Waals surface area contributed by atoms with E-state index < -0.39 is 10.0 Å². The first-order valence-electron chi connectivity index (χ1n) is 5.09. The second-order valence-corrected chi connectivity index (χ2v) is 9.56. The Morgan fingerprint density at radius 1 is 1.53 bits per heavy atom. The number of hydrogen-bond donors (Lipinski definition) is 1. The highest BCUT2D eigenvalue weighted by Crippen LogP contribution is 2.36. The van der Waals surface area contributed by atoms with Gasteiger partial charge in [-0.15, -0.1) is 11.3 Å². The van der Waals surface area contributed by atoms with E-state index >= 15 is 0 Å². The Balaban J connectivity index is 2.33. The molecule has 0 unspecified atom stereocenters. The lowest BCUT2D eigenvalue weighted by molar-refractivity contribution is 0.310. The highest BCUT2D eigenvalue weighted by atomic mass is 79.9. The Morgan fingerprint density at radius 3 is 2.76 bits per heavy atom. The third-order valence-corrected chi connectivity index (χ3v) is 7.19. The van der Waals surface area contributed by atoms with Crippen LogP contribution in [0.1, 0.15) is 6.92 Å². The maximum atomic E-state index is 12.4. The molecule has 1 aliphatic rings. The van der Waals surface area contributed by atoms with E-state index in [0.717, 1.165) is 3.79 Å². The van der Waals surface area contributed by atoms with Crippen LogP contribution >= 0.6 is 43.2 Å². The van der Waals surface area contributed by atoms with Crippen LogP contribution in [0.25, 0.3) is 0 Å². The molecule has 1 N–H and O–H groups in total. The Morgan fingerprint density at radius 2 is 2.24 bits per heavy atom. The van der Waals surface area contributed by atoms with Gasteiger partial charge in [-0.1, -0.05) is 0 Å². The lowest BCUT2D eigenvalue weighted by Crippen LogP contribution is -2.51. The summed E-state index contributed by atoms with van der Waals surface area (Å²) in [5.41, 5.74) is 0. The normalized spacial score (nSPS) is 22.9. The number of nitrogens with one attached hydrogen (secondary N) is 1. The van der Waals surface area contributed by atoms with Crippen LogP contribution in [-0.4, -0.2) is 38.4 Å². The molecule has 0 amide bonds. The van der Waals surface area contributed by atoms with Crippen molar-refractivity contribution in [3.05, 3.63) is 13.6 Å². The quantitative estimate of drug-likeness (QED) is 0.823. The Kier molecular flexibility index (Phi) is 4.32. The van der Waals surface area contributed by atoms with Crippen LogP contribution in [0.2, 0.25) is 0 Å². The molecule has 1 fully saturated rings. The number of hydrogen-bond acceptors (Lipinski definition) is 4. The van der Waals surface area contributed by atoms with E-state index in [4.69, 9.17) is 0 Å². The molecule has 8 heteroatoms. The van der Waals surface area contributed by atoms with Gasteiger partial charge < -0.3 is 5.32 Å². The molecule has 1 aliphatic heterocycles. The minimum Gasteiger partial charge on any atom is -0.312 e. The lowest BCUT2D eigenvalue weighted by atomic mass is 10.3. The van der Waals surface area contributed by atoms with E-state index in [0.29, 0.717) is 28.3 Å². The van der Waals surface area contributed by atoms with Crippen LogP contribution in [0.3, 0.4) is 0 Å². The molecule has 1 aromatic rings. The van der Waals surface area contributed by atoms with Gasteiger partial charge in [-0.3, -0.25) is 0 Å². The van der Waals surface area contributed by atoms with Crippen LogP contribution in [0, 0.1) is 0 Å². The molecule has 0 bridgehead atoms. The summed E-state index contributed by atoms with van der Waals surface area (Å²) in [5, 5.41) is 3.23. The van der Waals surface area contributed by atoms with Gasteiger partial charge in [0.1, 0.15) is 4.90 Å². The summed E-state index contributed by atoms with van der Waals surface area (Å²) in [6.45, 7) is 3.72. The molecule has 2 rings (SSSR count). The molecule has 17 heavy (non-hydrogen) atoms. The zero-order valence-corrected chi connectivity index (χ0v) is 13.9. The minimum atomic E-state index is -3.38. The fourth-order valence-corrected chi connectivity index (χ4v) is 7.05. The number of piperazine rings is 1. The van der Waals surface area contributed by atoms with Crippen molar-refractivity contribution in [1.29, 1.82) is 0 Å². The molecular weight excluding hydrogens is 392 g/mol. The van der Waals surface area contributed by atoms with Crippen LogP contribution in [0.4, 0.5) is 0 Å². The number of halogens is 2. The van der Waals surface area contributed by atoms with Crippen LogP contribution in [0.5, 0.6) is 0 Å². The predicted molar refractivity (Wildman–Crippen MR) is 75.9 cm³/mol. The SMILES string of the molecule is C[C@H]1CN(S(=O)(=O)c2cc(Br)sc2Br)CCN1. The summed E-state index contributed by atoms with van der Waals surface area (Å²) in [6.07, 6.45) is 0. The molecule has 0 radical (unpaired) electrons. The van der Waals surface area contributed by atoms with E-state index in [-0.39, 0.29) is 6.04 Å². The zero-order chi connectivity index (χ0) is 12.6. The van der Waals surface area contributed by atoms with Gasteiger partial charge in [0.25, 0.3) is 0 Å². The maximum absolute atomic E-state index is 12.4. The molecule has 0 aliphatic carbocycles. The summed E-state index contributed by atoms with van der Waals surface area (Å²) in [5.74, 6) is 0. The van der Waals surface area contributed by atoms with Crippen LogP contribution in [0.15, 0.2) is 18.5 Å².